The van der Waals surface area contributed by atoms with Crippen LogP contribution < -0.4 is 4.74 Å². The minimum Gasteiger partial charge on any atom is -0.468 e. The quantitative estimate of drug-likeness (QED) is 0.200. The number of nitrogens with zero attached hydrogens (tertiary/aromatic N) is 1. The minimum absolute atomic E-state index is 0.149. The number of carbonyl (C=O) groups excluding carboxylic acids is 2. The molecule has 0 N–H and O–H groups in total. The molecule has 1 saturated heterocycles. The van der Waals surface area contributed by atoms with Crippen LogP contribution in [0.25, 0.3) is 6.08 Å². The Morgan fingerprint density at radius 3 is 2.26 bits per heavy atom. The van der Waals surface area contributed by atoms with Gasteiger partial charge in [0.2, 0.25) is 0 Å². The second-order valence-electron chi connectivity index (χ2n) is 8.75. The van der Waals surface area contributed by atoms with Crippen molar-refractivity contribution >= 4 is 47.0 Å². The van der Waals surface area contributed by atoms with E-state index in [1.807, 2.05) is 23.1 Å². The first kappa shape index (κ1) is 26.0. The number of methoxy groups -OCH3 is 1. The Bertz CT molecular complexity index is 1060. The molecule has 1 heterocycles. The molecule has 7 heteroatoms. The lowest BCUT2D eigenvalue weighted by Gasteiger charge is -2.30. The molecule has 0 amide bonds. The number of rotatable bonds is 7. The second kappa shape index (κ2) is 11.7. The standard InChI is InChI=1S/C27H31NO4S2/c1-17(2)21-13-19(15-23-26(33)28(11-12-34-23)16-24(29)31-5)14-22(18(3)4)25(21)32-27(30)20-9-7-6-8-10-20/h6-10,13-15,17-18H,11-12,16H2,1-5H3. The fraction of sp³-hybridized carbons (Fsp3) is 0.370. The van der Waals surface area contributed by atoms with Crippen molar-refractivity contribution in [3.8, 4) is 5.75 Å². The molecule has 0 aromatic heterocycles. The van der Waals surface area contributed by atoms with E-state index in [0.29, 0.717) is 22.8 Å². The predicted octanol–water partition coefficient (Wildman–Crippen LogP) is 6.04. The molecule has 180 valence electrons. The van der Waals surface area contributed by atoms with E-state index in [9.17, 15) is 9.59 Å². The Morgan fingerprint density at radius 2 is 1.71 bits per heavy atom. The van der Waals surface area contributed by atoms with Crippen molar-refractivity contribution in [1.29, 1.82) is 0 Å². The van der Waals surface area contributed by atoms with Crippen LogP contribution in [-0.2, 0) is 9.53 Å². The van der Waals surface area contributed by atoms with E-state index >= 15 is 0 Å². The van der Waals surface area contributed by atoms with E-state index in [2.05, 4.69) is 45.9 Å². The molecule has 1 aliphatic heterocycles. The van der Waals surface area contributed by atoms with Crippen LogP contribution in [0.15, 0.2) is 47.4 Å². The Labute approximate surface area is 211 Å². The van der Waals surface area contributed by atoms with Crippen LogP contribution in [0.1, 0.15) is 66.6 Å². The molecule has 34 heavy (non-hydrogen) atoms. The maximum Gasteiger partial charge on any atom is 0.343 e. The molecule has 0 unspecified atom stereocenters. The fourth-order valence-electron chi connectivity index (χ4n) is 3.69. The third-order valence-electron chi connectivity index (χ3n) is 5.58. The van der Waals surface area contributed by atoms with Crippen molar-refractivity contribution in [1.82, 2.24) is 4.90 Å². The third-order valence-corrected chi connectivity index (χ3v) is 7.20. The van der Waals surface area contributed by atoms with Gasteiger partial charge in [-0.2, -0.15) is 0 Å². The monoisotopic (exact) mass is 497 g/mol. The van der Waals surface area contributed by atoms with E-state index < -0.39 is 0 Å². The topological polar surface area (TPSA) is 55.8 Å². The molecular weight excluding hydrogens is 466 g/mol. The maximum absolute atomic E-state index is 12.9. The van der Waals surface area contributed by atoms with Gasteiger partial charge >= 0.3 is 11.9 Å². The van der Waals surface area contributed by atoms with Crippen molar-refractivity contribution < 1.29 is 19.1 Å². The lowest BCUT2D eigenvalue weighted by atomic mass is 9.91. The first-order valence-electron chi connectivity index (χ1n) is 11.4. The van der Waals surface area contributed by atoms with Crippen LogP contribution in [0.5, 0.6) is 5.75 Å². The molecule has 0 atom stereocenters. The SMILES string of the molecule is COC(=O)CN1CCSC(=Cc2cc(C(C)C)c(OC(=O)c3ccccc3)c(C(C)C)c2)C1=S. The molecule has 0 saturated carbocycles. The molecule has 0 spiro atoms. The van der Waals surface area contributed by atoms with Crippen molar-refractivity contribution in [3.63, 3.8) is 0 Å². The van der Waals surface area contributed by atoms with Gasteiger partial charge in [0, 0.05) is 17.2 Å². The summed E-state index contributed by atoms with van der Waals surface area (Å²) in [5.74, 6) is 1.10. The number of carbonyl (C=O) groups is 2. The number of esters is 2. The summed E-state index contributed by atoms with van der Waals surface area (Å²) in [6.45, 7) is 9.22. The summed E-state index contributed by atoms with van der Waals surface area (Å²) in [7, 11) is 1.38. The van der Waals surface area contributed by atoms with Gasteiger partial charge in [0.05, 0.1) is 12.7 Å². The lowest BCUT2D eigenvalue weighted by Crippen LogP contribution is -2.39. The zero-order valence-electron chi connectivity index (χ0n) is 20.3. The largest absolute Gasteiger partial charge is 0.468 e. The van der Waals surface area contributed by atoms with Crippen LogP contribution in [0.2, 0.25) is 0 Å². The molecule has 0 aliphatic carbocycles. The summed E-state index contributed by atoms with van der Waals surface area (Å²) < 4.78 is 10.8. The van der Waals surface area contributed by atoms with Crippen LogP contribution in [0.4, 0.5) is 0 Å². The highest BCUT2D eigenvalue weighted by atomic mass is 32.2. The van der Waals surface area contributed by atoms with Gasteiger partial charge in [-0.05, 0) is 58.9 Å². The van der Waals surface area contributed by atoms with Crippen molar-refractivity contribution in [2.45, 2.75) is 39.5 Å². The van der Waals surface area contributed by atoms with Crippen molar-refractivity contribution in [3.05, 3.63) is 69.6 Å². The molecule has 2 aromatic carbocycles. The number of hydrogen-bond donors (Lipinski definition) is 0. The maximum atomic E-state index is 12.9. The fourth-order valence-corrected chi connectivity index (χ4v) is 5.09. The molecule has 0 bridgehead atoms. The summed E-state index contributed by atoms with van der Waals surface area (Å²) in [5.41, 5.74) is 3.46. The van der Waals surface area contributed by atoms with E-state index in [1.54, 1.807) is 23.9 Å². The lowest BCUT2D eigenvalue weighted by molar-refractivity contribution is -0.140. The summed E-state index contributed by atoms with van der Waals surface area (Å²) in [5, 5.41) is 0. The Morgan fingerprint density at radius 1 is 1.09 bits per heavy atom. The van der Waals surface area contributed by atoms with Gasteiger partial charge in [-0.1, -0.05) is 58.1 Å². The van der Waals surface area contributed by atoms with E-state index in [0.717, 1.165) is 27.3 Å². The van der Waals surface area contributed by atoms with Crippen molar-refractivity contribution in [2.24, 2.45) is 0 Å². The number of ether oxygens (including phenoxy) is 2. The number of benzene rings is 2. The average Bonchev–Trinajstić information content (AvgIpc) is 2.82. The highest BCUT2D eigenvalue weighted by Gasteiger charge is 2.24. The molecule has 5 nitrogen and oxygen atoms in total. The minimum atomic E-state index is -0.363. The van der Waals surface area contributed by atoms with Crippen molar-refractivity contribution in [2.75, 3.05) is 26.0 Å². The normalized spacial score (nSPS) is 15.2. The van der Waals surface area contributed by atoms with E-state index in [1.165, 1.54) is 7.11 Å². The van der Waals surface area contributed by atoms with Gasteiger partial charge in [0.1, 0.15) is 17.3 Å². The molecule has 2 aromatic rings. The smallest absolute Gasteiger partial charge is 0.343 e. The highest BCUT2D eigenvalue weighted by molar-refractivity contribution is 8.05. The Balaban J connectivity index is 1.99. The first-order valence-corrected chi connectivity index (χ1v) is 12.8. The molecule has 3 rings (SSSR count). The Kier molecular flexibility index (Phi) is 8.91. The number of hydrogen-bond acceptors (Lipinski definition) is 6. The zero-order chi connectivity index (χ0) is 24.8. The molecule has 1 aliphatic rings. The van der Waals surface area contributed by atoms with E-state index in [-0.39, 0.29) is 30.3 Å². The summed E-state index contributed by atoms with van der Waals surface area (Å²) in [6, 6.07) is 13.2. The Hall–Kier alpha value is -2.64. The van der Waals surface area contributed by atoms with Gasteiger partial charge in [0.25, 0.3) is 0 Å². The van der Waals surface area contributed by atoms with E-state index in [4.69, 9.17) is 21.7 Å². The van der Waals surface area contributed by atoms with Gasteiger partial charge < -0.3 is 14.4 Å². The summed E-state index contributed by atoms with van der Waals surface area (Å²) in [4.78, 5) is 28.1. The van der Waals surface area contributed by atoms with Gasteiger partial charge in [-0.15, -0.1) is 11.8 Å². The van der Waals surface area contributed by atoms with Crippen LogP contribution in [0.3, 0.4) is 0 Å². The molecule has 1 fully saturated rings. The second-order valence-corrected chi connectivity index (χ2v) is 10.3. The van der Waals surface area contributed by atoms with Gasteiger partial charge in [-0.3, -0.25) is 4.79 Å². The summed E-state index contributed by atoms with van der Waals surface area (Å²) in [6.07, 6.45) is 2.07. The highest BCUT2D eigenvalue weighted by Crippen LogP contribution is 2.38. The predicted molar refractivity (Wildman–Crippen MR) is 143 cm³/mol. The van der Waals surface area contributed by atoms with Crippen LogP contribution in [0, 0.1) is 0 Å². The average molecular weight is 498 g/mol. The summed E-state index contributed by atoms with van der Waals surface area (Å²) >= 11 is 7.37. The van der Waals surface area contributed by atoms with Crippen LogP contribution in [-0.4, -0.2) is 47.8 Å². The zero-order valence-corrected chi connectivity index (χ0v) is 21.9. The number of thioether (sulfide) groups is 1. The molecule has 0 radical (unpaired) electrons. The number of thiocarbonyl (C=S) groups is 1. The molecular formula is C27H31NO4S2. The third kappa shape index (κ3) is 6.27. The van der Waals surface area contributed by atoms with Crippen LogP contribution >= 0.6 is 24.0 Å². The van der Waals surface area contributed by atoms with Gasteiger partial charge in [0.15, 0.2) is 0 Å². The van der Waals surface area contributed by atoms with Gasteiger partial charge in [-0.25, -0.2) is 4.79 Å². The first-order chi connectivity index (χ1) is 16.2.